The van der Waals surface area contributed by atoms with Crippen LogP contribution in [0.5, 0.6) is 0 Å². The minimum absolute atomic E-state index is 0. The molecule has 10 heteroatoms. The Morgan fingerprint density at radius 2 is 1.03 bits per heavy atom. The van der Waals surface area contributed by atoms with Crippen molar-refractivity contribution >= 4 is 46.0 Å². The summed E-state index contributed by atoms with van der Waals surface area (Å²) < 4.78 is 6.26. The fraction of sp³-hybridized carbons (Fsp3) is 0.100. The molecule has 0 spiro atoms. The summed E-state index contributed by atoms with van der Waals surface area (Å²) in [5.74, 6) is 3.20. The van der Waals surface area contributed by atoms with E-state index in [1.165, 1.54) is 27.8 Å². The predicted molar refractivity (Wildman–Crippen MR) is 237 cm³/mol. The summed E-state index contributed by atoms with van der Waals surface area (Å²) in [7, 11) is 0. The second-order valence-corrected chi connectivity index (χ2v) is 14.1. The van der Waals surface area contributed by atoms with Gasteiger partial charge in [0.25, 0.3) is 0 Å². The van der Waals surface area contributed by atoms with Gasteiger partial charge in [0.15, 0.2) is 11.6 Å². The average Bonchev–Trinajstić information content (AvgIpc) is 3.84. The van der Waals surface area contributed by atoms with Gasteiger partial charge >= 0.3 is 0 Å². The van der Waals surface area contributed by atoms with Crippen LogP contribution in [-0.2, 0) is 24.8 Å². The van der Waals surface area contributed by atoms with Crippen molar-refractivity contribution in [1.82, 2.24) is 19.9 Å². The van der Waals surface area contributed by atoms with Gasteiger partial charge in [-0.2, -0.15) is 30.3 Å². The molecule has 1 unspecified atom stereocenters. The van der Waals surface area contributed by atoms with E-state index in [1.54, 1.807) is 24.8 Å². The molecule has 2 aliphatic rings. The van der Waals surface area contributed by atoms with E-state index in [0.29, 0.717) is 6.61 Å². The van der Waals surface area contributed by atoms with Crippen molar-refractivity contribution in [3.63, 3.8) is 0 Å². The molecule has 2 aliphatic heterocycles. The molecule has 0 fully saturated rings. The number of hydrogen-bond donors (Lipinski definition) is 0. The third-order valence-corrected chi connectivity index (χ3v) is 10.3. The van der Waals surface area contributed by atoms with Crippen molar-refractivity contribution in [1.29, 1.82) is 0 Å². The van der Waals surface area contributed by atoms with Gasteiger partial charge in [-0.3, -0.25) is 9.80 Å². The van der Waals surface area contributed by atoms with E-state index >= 15 is 0 Å². The summed E-state index contributed by atoms with van der Waals surface area (Å²) in [5, 5.41) is 0. The van der Waals surface area contributed by atoms with Gasteiger partial charge in [-0.25, -0.2) is 19.9 Å². The number of aromatic nitrogens is 4. The van der Waals surface area contributed by atoms with Crippen molar-refractivity contribution in [2.24, 2.45) is 0 Å². The van der Waals surface area contributed by atoms with Gasteiger partial charge < -0.3 is 14.5 Å². The second-order valence-electron chi connectivity index (χ2n) is 14.1. The van der Waals surface area contributed by atoms with E-state index in [1.807, 2.05) is 73.1 Å². The third-order valence-electron chi connectivity index (χ3n) is 10.3. The quantitative estimate of drug-likeness (QED) is 0.138. The normalized spacial score (nSPS) is 13.9. The van der Waals surface area contributed by atoms with Crippen molar-refractivity contribution < 1.29 is 24.8 Å². The van der Waals surface area contributed by atoms with Crippen LogP contribution in [0.3, 0.4) is 0 Å². The maximum Gasteiger partial charge on any atom is 0.221 e. The molecule has 60 heavy (non-hydrogen) atoms. The molecule has 0 amide bonds. The minimum Gasteiger partial charge on any atom is -0.477 e. The van der Waals surface area contributed by atoms with Crippen LogP contribution in [0.15, 0.2) is 176 Å². The average molecular weight is 963 g/mol. The monoisotopic (exact) mass is 963 g/mol. The van der Waals surface area contributed by atoms with Crippen LogP contribution in [0.25, 0.3) is 22.3 Å². The molecule has 1 atom stereocenters. The maximum absolute atomic E-state index is 6.26. The third kappa shape index (κ3) is 7.88. The molecule has 0 saturated heterocycles. The Balaban J connectivity index is 0.000000164. The van der Waals surface area contributed by atoms with Crippen LogP contribution in [-0.4, -0.2) is 32.9 Å². The SMILES string of the molecule is CCOC1N(c2ccccc2)c2nccnc2N1c1ccc(-c2ccccc2)cc1C.Cc1cc(-c2ccccc2)ccc1N1[CH-]N(c2[c-]cccc2)c2nccnc21.[Ir]. The summed E-state index contributed by atoms with van der Waals surface area (Å²) in [5.41, 5.74) is 11.2. The van der Waals surface area contributed by atoms with E-state index in [9.17, 15) is 0 Å². The van der Waals surface area contributed by atoms with Crippen LogP contribution >= 0.6 is 0 Å². The number of benzene rings is 6. The summed E-state index contributed by atoms with van der Waals surface area (Å²) >= 11 is 0. The van der Waals surface area contributed by atoms with Crippen molar-refractivity contribution in [3.8, 4) is 22.3 Å². The zero-order valence-corrected chi connectivity index (χ0v) is 35.8. The molecule has 0 N–H and O–H groups in total. The second kappa shape index (κ2) is 18.1. The van der Waals surface area contributed by atoms with Crippen molar-refractivity contribution in [2.75, 3.05) is 26.2 Å². The zero-order valence-electron chi connectivity index (χ0n) is 33.4. The first-order valence-corrected chi connectivity index (χ1v) is 19.7. The molecule has 0 saturated carbocycles. The Morgan fingerprint density at radius 3 is 1.57 bits per heavy atom. The van der Waals surface area contributed by atoms with Gasteiger partial charge in [-0.15, -0.1) is 12.4 Å². The fourth-order valence-corrected chi connectivity index (χ4v) is 7.60. The number of ether oxygens (including phenoxy) is 1. The smallest absolute Gasteiger partial charge is 0.221 e. The van der Waals surface area contributed by atoms with E-state index in [4.69, 9.17) is 4.74 Å². The number of hydrogen-bond acceptors (Lipinski definition) is 9. The molecular weight excluding hydrogens is 921 g/mol. The Bertz CT molecular complexity index is 2670. The van der Waals surface area contributed by atoms with Crippen LogP contribution in [0, 0.1) is 26.6 Å². The molecular formula is C50H42IrN8O-2. The van der Waals surface area contributed by atoms with E-state index in [2.05, 4.69) is 152 Å². The number of aryl methyl sites for hydroxylation is 2. The summed E-state index contributed by atoms with van der Waals surface area (Å²) in [6.45, 7) is 8.87. The first-order valence-electron chi connectivity index (χ1n) is 19.7. The maximum atomic E-state index is 6.26. The Kier molecular flexibility index (Phi) is 12.1. The Labute approximate surface area is 365 Å². The van der Waals surface area contributed by atoms with Gasteiger partial charge in [0, 0.05) is 68.6 Å². The fourth-order valence-electron chi connectivity index (χ4n) is 7.60. The van der Waals surface area contributed by atoms with E-state index in [-0.39, 0.29) is 26.5 Å². The topological polar surface area (TPSA) is 73.8 Å². The Hall–Kier alpha value is -6.71. The van der Waals surface area contributed by atoms with Gasteiger partial charge in [0.05, 0.1) is 0 Å². The molecule has 299 valence electrons. The van der Waals surface area contributed by atoms with E-state index in [0.717, 1.165) is 51.6 Å². The van der Waals surface area contributed by atoms with Gasteiger partial charge in [-0.05, 0) is 90.6 Å². The molecule has 8 aromatic rings. The first kappa shape index (κ1) is 40.1. The van der Waals surface area contributed by atoms with Gasteiger partial charge in [-0.1, -0.05) is 91.0 Å². The molecule has 10 rings (SSSR count). The van der Waals surface area contributed by atoms with Gasteiger partial charge in [0.2, 0.25) is 6.35 Å². The standard InChI is InChI=1S/C26H24N4O.C24H18N4.Ir/c1-3-31-26-29(22-12-8-5-9-13-22)24-25(28-17-16-27-24)30(26)23-15-14-21(18-19(23)2)20-10-6-4-7-11-20;1-18-16-20(19-8-4-2-5-9-19)12-13-22(18)28-17-27(21-10-6-3-7-11-21)23-24(28)26-15-14-25-23;/h4-18,26H,3H2,1-2H3;2-10,12-17H,1H3;/q;-2;. The largest absolute Gasteiger partial charge is 0.477 e. The van der Waals surface area contributed by atoms with Crippen LogP contribution in [0.1, 0.15) is 18.1 Å². The minimum atomic E-state index is -0.369. The molecule has 1 radical (unpaired) electrons. The van der Waals surface area contributed by atoms with Crippen LogP contribution in [0.2, 0.25) is 0 Å². The number of anilines is 8. The van der Waals surface area contributed by atoms with Crippen molar-refractivity contribution in [3.05, 3.63) is 200 Å². The summed E-state index contributed by atoms with van der Waals surface area (Å²) in [6, 6.07) is 55.2. The summed E-state index contributed by atoms with van der Waals surface area (Å²) in [6.07, 6.45) is 6.54. The number of fused-ring (bicyclic) bond motifs is 2. The number of rotatable bonds is 8. The number of para-hydroxylation sites is 2. The first-order chi connectivity index (χ1) is 29.1. The molecule has 4 heterocycles. The Morgan fingerprint density at radius 1 is 0.533 bits per heavy atom. The number of nitrogens with zero attached hydrogens (tertiary/aromatic N) is 8. The van der Waals surface area contributed by atoms with Crippen LogP contribution < -0.4 is 19.6 Å². The molecule has 0 aliphatic carbocycles. The summed E-state index contributed by atoms with van der Waals surface area (Å²) in [4.78, 5) is 26.9. The van der Waals surface area contributed by atoms with Crippen molar-refractivity contribution in [2.45, 2.75) is 27.1 Å². The molecule has 0 bridgehead atoms. The predicted octanol–water partition coefficient (Wildman–Crippen LogP) is 11.7. The van der Waals surface area contributed by atoms with Gasteiger partial charge in [0.1, 0.15) is 11.6 Å². The van der Waals surface area contributed by atoms with E-state index < -0.39 is 0 Å². The van der Waals surface area contributed by atoms with Crippen LogP contribution in [0.4, 0.5) is 46.0 Å². The molecule has 6 aromatic carbocycles. The molecule has 2 aromatic heterocycles. The zero-order chi connectivity index (χ0) is 40.1. The molecule has 9 nitrogen and oxygen atoms in total.